The van der Waals surface area contributed by atoms with Crippen LogP contribution in [0.4, 0.5) is 0 Å². The molecule has 0 nitrogen and oxygen atoms in total. The molecular weight excluding hydrogens is 168 g/mol. The predicted molar refractivity (Wildman–Crippen MR) is 66.5 cm³/mol. The molecule has 0 bridgehead atoms. The molecule has 0 aliphatic rings. The summed E-state index contributed by atoms with van der Waals surface area (Å²) >= 11 is 0. The third kappa shape index (κ3) is 6.45. The van der Waals surface area contributed by atoms with Gasteiger partial charge in [0.15, 0.2) is 0 Å². The van der Waals surface area contributed by atoms with Gasteiger partial charge in [-0.1, -0.05) is 61.3 Å². The molecule has 14 heavy (non-hydrogen) atoms. The second kappa shape index (κ2) is 5.19. The van der Waals surface area contributed by atoms with Gasteiger partial charge in [0.2, 0.25) is 0 Å². The van der Waals surface area contributed by atoms with Crippen LogP contribution < -0.4 is 0 Å². The van der Waals surface area contributed by atoms with Gasteiger partial charge in [-0.25, -0.2) is 0 Å². The van der Waals surface area contributed by atoms with E-state index in [1.54, 1.807) is 0 Å². The van der Waals surface area contributed by atoms with Crippen LogP contribution in [0.5, 0.6) is 0 Å². The summed E-state index contributed by atoms with van der Waals surface area (Å²) in [5, 5.41) is 0. The summed E-state index contributed by atoms with van der Waals surface area (Å²) in [6.45, 7) is 16.5. The smallest absolute Gasteiger partial charge is 0.0354 e. The Labute approximate surface area is 91.5 Å². The van der Waals surface area contributed by atoms with Crippen LogP contribution in [0, 0.1) is 16.7 Å². The van der Waals surface area contributed by atoms with Crippen molar-refractivity contribution in [1.82, 2.24) is 0 Å². The molecule has 0 aliphatic carbocycles. The van der Waals surface area contributed by atoms with Crippen LogP contribution in [0.1, 0.15) is 74.1 Å². The van der Waals surface area contributed by atoms with Crippen LogP contribution in [0.3, 0.4) is 0 Å². The average Bonchev–Trinajstić information content (AvgIpc) is 1.93. The Morgan fingerprint density at radius 2 is 1.43 bits per heavy atom. The Morgan fingerprint density at radius 3 is 1.71 bits per heavy atom. The number of hydrogen-bond donors (Lipinski definition) is 0. The first kappa shape index (κ1) is 14.0. The highest BCUT2D eigenvalue weighted by Gasteiger charge is 2.22. The third-order valence-corrected chi connectivity index (χ3v) is 3.20. The maximum Gasteiger partial charge on any atom is -0.0354 e. The topological polar surface area (TPSA) is 0 Å². The minimum Gasteiger partial charge on any atom is -0.0651 e. The fourth-order valence-electron chi connectivity index (χ4n) is 2.13. The quantitative estimate of drug-likeness (QED) is 0.577. The van der Waals surface area contributed by atoms with Gasteiger partial charge >= 0.3 is 0 Å². The van der Waals surface area contributed by atoms with E-state index < -0.39 is 0 Å². The van der Waals surface area contributed by atoms with Gasteiger partial charge in [-0.05, 0) is 29.6 Å². The Hall–Kier alpha value is 0. The molecule has 0 N–H and O–H groups in total. The molecule has 0 rings (SSSR count). The molecule has 0 saturated carbocycles. The Balaban J connectivity index is 3.87. The molecule has 86 valence electrons. The van der Waals surface area contributed by atoms with Gasteiger partial charge in [0, 0.05) is 0 Å². The highest BCUT2D eigenvalue weighted by Crippen LogP contribution is 2.34. The lowest BCUT2D eigenvalue weighted by Crippen LogP contribution is -2.20. The molecule has 0 aromatic carbocycles. The fourth-order valence-corrected chi connectivity index (χ4v) is 2.13. The largest absolute Gasteiger partial charge is 0.0651 e. The average molecular weight is 198 g/mol. The first-order valence-corrected chi connectivity index (χ1v) is 6.17. The molecule has 0 heteroatoms. The molecule has 0 radical (unpaired) electrons. The molecule has 0 aromatic rings. The van der Waals surface area contributed by atoms with Gasteiger partial charge in [-0.2, -0.15) is 0 Å². The van der Waals surface area contributed by atoms with Crippen LogP contribution in [-0.2, 0) is 0 Å². The van der Waals surface area contributed by atoms with Gasteiger partial charge < -0.3 is 0 Å². The van der Waals surface area contributed by atoms with Crippen LogP contribution in [-0.4, -0.2) is 0 Å². The van der Waals surface area contributed by atoms with Crippen LogP contribution >= 0.6 is 0 Å². The summed E-state index contributed by atoms with van der Waals surface area (Å²) in [6, 6.07) is 0. The Kier molecular flexibility index (Phi) is 5.19. The summed E-state index contributed by atoms with van der Waals surface area (Å²) in [7, 11) is 0. The molecule has 1 unspecified atom stereocenters. The maximum absolute atomic E-state index is 2.37. The zero-order valence-electron chi connectivity index (χ0n) is 11.4. The molecule has 0 heterocycles. The Bertz CT molecular complexity index is 142. The van der Waals surface area contributed by atoms with E-state index in [0.29, 0.717) is 10.8 Å². The fraction of sp³-hybridized carbons (Fsp3) is 1.00. The van der Waals surface area contributed by atoms with E-state index in [2.05, 4.69) is 48.5 Å². The summed E-state index contributed by atoms with van der Waals surface area (Å²) in [5.41, 5.74) is 1.00. The minimum absolute atomic E-state index is 0.493. The lowest BCUT2D eigenvalue weighted by atomic mass is 9.75. The lowest BCUT2D eigenvalue weighted by molar-refractivity contribution is 0.204. The monoisotopic (exact) mass is 198 g/mol. The van der Waals surface area contributed by atoms with Gasteiger partial charge in [-0.15, -0.1) is 0 Å². The van der Waals surface area contributed by atoms with Crippen molar-refractivity contribution in [3.8, 4) is 0 Å². The molecule has 0 aliphatic heterocycles. The van der Waals surface area contributed by atoms with E-state index in [1.807, 2.05) is 0 Å². The molecule has 1 atom stereocenters. The van der Waals surface area contributed by atoms with E-state index in [0.717, 1.165) is 5.92 Å². The molecule has 0 spiro atoms. The van der Waals surface area contributed by atoms with Gasteiger partial charge in [0.25, 0.3) is 0 Å². The van der Waals surface area contributed by atoms with Crippen LogP contribution in [0.25, 0.3) is 0 Å². The SMILES string of the molecule is CCC(CCCC(C)(C)C)C(C)(C)C. The van der Waals surface area contributed by atoms with Crippen molar-refractivity contribution in [3.05, 3.63) is 0 Å². The predicted octanol–water partition coefficient (Wildman–Crippen LogP) is 5.28. The molecular formula is C14H30. The molecule has 0 amide bonds. The second-order valence-electron chi connectivity index (χ2n) is 6.92. The van der Waals surface area contributed by atoms with E-state index in [1.165, 1.54) is 25.7 Å². The molecule has 0 fully saturated rings. The highest BCUT2D eigenvalue weighted by molar-refractivity contribution is 4.73. The Morgan fingerprint density at radius 1 is 0.929 bits per heavy atom. The number of rotatable bonds is 4. The van der Waals surface area contributed by atoms with E-state index in [-0.39, 0.29) is 0 Å². The maximum atomic E-state index is 2.37. The first-order chi connectivity index (χ1) is 6.17. The molecule has 0 saturated heterocycles. The zero-order valence-corrected chi connectivity index (χ0v) is 11.4. The van der Waals surface area contributed by atoms with E-state index in [9.17, 15) is 0 Å². The zero-order chi connectivity index (χ0) is 11.4. The summed E-state index contributed by atoms with van der Waals surface area (Å²) in [5.74, 6) is 0.893. The standard InChI is InChI=1S/C14H30/c1-8-12(14(5,6)7)10-9-11-13(2,3)4/h12H,8-11H2,1-7H3. The highest BCUT2D eigenvalue weighted by atomic mass is 14.3. The minimum atomic E-state index is 0.493. The lowest BCUT2D eigenvalue weighted by Gasteiger charge is -2.30. The summed E-state index contributed by atoms with van der Waals surface area (Å²) in [4.78, 5) is 0. The van der Waals surface area contributed by atoms with Crippen molar-refractivity contribution >= 4 is 0 Å². The third-order valence-electron chi connectivity index (χ3n) is 3.20. The van der Waals surface area contributed by atoms with Crippen molar-refractivity contribution in [3.63, 3.8) is 0 Å². The first-order valence-electron chi connectivity index (χ1n) is 6.17. The van der Waals surface area contributed by atoms with E-state index in [4.69, 9.17) is 0 Å². The normalized spacial score (nSPS) is 15.6. The van der Waals surface area contributed by atoms with Gasteiger partial charge in [0.1, 0.15) is 0 Å². The van der Waals surface area contributed by atoms with Crippen LogP contribution in [0.2, 0.25) is 0 Å². The van der Waals surface area contributed by atoms with Crippen molar-refractivity contribution in [1.29, 1.82) is 0 Å². The van der Waals surface area contributed by atoms with Gasteiger partial charge in [-0.3, -0.25) is 0 Å². The number of hydrogen-bond acceptors (Lipinski definition) is 0. The van der Waals surface area contributed by atoms with E-state index >= 15 is 0 Å². The van der Waals surface area contributed by atoms with Gasteiger partial charge in [0.05, 0.1) is 0 Å². The summed E-state index contributed by atoms with van der Waals surface area (Å²) in [6.07, 6.45) is 5.48. The second-order valence-corrected chi connectivity index (χ2v) is 6.92. The van der Waals surface area contributed by atoms with Crippen molar-refractivity contribution in [2.24, 2.45) is 16.7 Å². The van der Waals surface area contributed by atoms with Crippen molar-refractivity contribution < 1.29 is 0 Å². The van der Waals surface area contributed by atoms with Crippen molar-refractivity contribution in [2.45, 2.75) is 74.1 Å². The molecule has 0 aromatic heterocycles. The van der Waals surface area contributed by atoms with Crippen LogP contribution in [0.15, 0.2) is 0 Å². The summed E-state index contributed by atoms with van der Waals surface area (Å²) < 4.78 is 0. The van der Waals surface area contributed by atoms with Crippen molar-refractivity contribution in [2.75, 3.05) is 0 Å².